The van der Waals surface area contributed by atoms with Crippen molar-refractivity contribution in [3.8, 4) is 11.3 Å². The minimum Gasteiger partial charge on any atom is -0.329 e. The number of nitrogens with one attached hydrogen (secondary N) is 1. The molecule has 6 heteroatoms. The summed E-state index contributed by atoms with van der Waals surface area (Å²) in [6.45, 7) is 0.107. The number of rotatable bonds is 3. The molecule has 1 saturated heterocycles. The number of carbonyl (C=O) groups is 2. The highest BCUT2D eigenvalue weighted by Crippen LogP contribution is 2.45. The molecule has 2 fully saturated rings. The second-order valence-corrected chi connectivity index (χ2v) is 6.72. The number of carbonyl (C=O) groups excluding carboxylic acids is 2. The first-order valence-corrected chi connectivity index (χ1v) is 8.62. The van der Waals surface area contributed by atoms with Crippen LogP contribution in [0.4, 0.5) is 4.79 Å². The van der Waals surface area contributed by atoms with E-state index in [4.69, 9.17) is 0 Å². The van der Waals surface area contributed by atoms with Crippen molar-refractivity contribution >= 4 is 22.8 Å². The molecule has 0 bridgehead atoms. The predicted octanol–water partition coefficient (Wildman–Crippen LogP) is 2.70. The second-order valence-electron chi connectivity index (χ2n) is 6.72. The van der Waals surface area contributed by atoms with Crippen LogP contribution in [0.1, 0.15) is 17.9 Å². The number of amides is 3. The maximum atomic E-state index is 11.8. The van der Waals surface area contributed by atoms with Crippen molar-refractivity contribution in [3.05, 3.63) is 60.4 Å². The third-order valence-electron chi connectivity index (χ3n) is 5.08. The number of hydrogen-bond acceptors (Lipinski definition) is 4. The molecule has 1 aliphatic carbocycles. The van der Waals surface area contributed by atoms with Crippen LogP contribution >= 0.6 is 0 Å². The SMILES string of the molecule is O=C1CNC(=O)N1[C@H]1C[C@@H]1c1ccc(-c2ccc3ncccc3c2)nc1. The van der Waals surface area contributed by atoms with Gasteiger partial charge in [0.2, 0.25) is 5.91 Å². The molecule has 2 aromatic heterocycles. The van der Waals surface area contributed by atoms with Crippen molar-refractivity contribution < 1.29 is 9.59 Å². The van der Waals surface area contributed by atoms with Gasteiger partial charge in [-0.1, -0.05) is 18.2 Å². The van der Waals surface area contributed by atoms with Crippen LogP contribution in [0.2, 0.25) is 0 Å². The minimum atomic E-state index is -0.281. The molecule has 0 unspecified atom stereocenters. The Bertz CT molecular complexity index is 1020. The van der Waals surface area contributed by atoms with Gasteiger partial charge in [0.25, 0.3) is 0 Å². The van der Waals surface area contributed by atoms with Gasteiger partial charge in [0.15, 0.2) is 0 Å². The molecule has 1 saturated carbocycles. The van der Waals surface area contributed by atoms with E-state index in [1.807, 2.05) is 42.6 Å². The highest BCUT2D eigenvalue weighted by atomic mass is 16.2. The Morgan fingerprint density at radius 2 is 2.00 bits per heavy atom. The molecule has 1 aliphatic heterocycles. The summed E-state index contributed by atoms with van der Waals surface area (Å²) in [7, 11) is 0. The molecule has 3 heterocycles. The first-order chi connectivity index (χ1) is 12.7. The summed E-state index contributed by atoms with van der Waals surface area (Å²) in [5.41, 5.74) is 3.96. The molecule has 1 N–H and O–H groups in total. The van der Waals surface area contributed by atoms with E-state index in [1.54, 1.807) is 6.20 Å². The molecule has 0 spiro atoms. The van der Waals surface area contributed by atoms with E-state index in [2.05, 4.69) is 21.4 Å². The number of fused-ring (bicyclic) bond motifs is 1. The summed E-state index contributed by atoms with van der Waals surface area (Å²) in [6.07, 6.45) is 4.44. The molecule has 26 heavy (non-hydrogen) atoms. The standard InChI is InChI=1S/C20H16N4O2/c25-19-11-23-20(26)24(19)18-9-15(18)14-4-6-17(22-10-14)13-3-5-16-12(8-13)2-1-7-21-16/h1-8,10,15,18H,9,11H2,(H,23,26)/t15-,18+/m1/s1. The van der Waals surface area contributed by atoms with Gasteiger partial charge in [0.1, 0.15) is 0 Å². The monoisotopic (exact) mass is 344 g/mol. The lowest BCUT2D eigenvalue weighted by Gasteiger charge is -2.12. The largest absolute Gasteiger partial charge is 0.329 e. The number of hydrogen-bond donors (Lipinski definition) is 1. The number of urea groups is 1. The Morgan fingerprint density at radius 3 is 2.77 bits per heavy atom. The highest BCUT2D eigenvalue weighted by molar-refractivity contribution is 6.02. The number of aromatic nitrogens is 2. The molecule has 6 nitrogen and oxygen atoms in total. The van der Waals surface area contributed by atoms with E-state index < -0.39 is 0 Å². The first-order valence-electron chi connectivity index (χ1n) is 8.62. The zero-order valence-electron chi connectivity index (χ0n) is 13.9. The maximum Gasteiger partial charge on any atom is 0.324 e. The van der Waals surface area contributed by atoms with Crippen LogP contribution in [0.15, 0.2) is 54.9 Å². The summed E-state index contributed by atoms with van der Waals surface area (Å²) in [5, 5.41) is 3.65. The lowest BCUT2D eigenvalue weighted by molar-refractivity contribution is -0.125. The third-order valence-corrected chi connectivity index (χ3v) is 5.08. The van der Waals surface area contributed by atoms with Gasteiger partial charge < -0.3 is 5.32 Å². The van der Waals surface area contributed by atoms with Crippen LogP contribution in [0.5, 0.6) is 0 Å². The summed E-state index contributed by atoms with van der Waals surface area (Å²) in [6, 6.07) is 13.8. The van der Waals surface area contributed by atoms with E-state index in [0.717, 1.165) is 34.1 Å². The van der Waals surface area contributed by atoms with Crippen LogP contribution in [-0.4, -0.2) is 39.4 Å². The summed E-state index contributed by atoms with van der Waals surface area (Å²) < 4.78 is 0. The van der Waals surface area contributed by atoms with Gasteiger partial charge in [-0.2, -0.15) is 0 Å². The topological polar surface area (TPSA) is 75.2 Å². The van der Waals surface area contributed by atoms with Gasteiger partial charge in [-0.05, 0) is 36.2 Å². The molecule has 2 aliphatic rings. The van der Waals surface area contributed by atoms with Crippen LogP contribution in [-0.2, 0) is 4.79 Å². The van der Waals surface area contributed by atoms with Gasteiger partial charge in [0.05, 0.1) is 17.8 Å². The fourth-order valence-electron chi connectivity index (χ4n) is 3.63. The van der Waals surface area contributed by atoms with Gasteiger partial charge >= 0.3 is 6.03 Å². The van der Waals surface area contributed by atoms with Gasteiger partial charge in [-0.3, -0.25) is 19.7 Å². The average molecular weight is 344 g/mol. The summed E-state index contributed by atoms with van der Waals surface area (Å²) >= 11 is 0. The third kappa shape index (κ3) is 2.42. The zero-order chi connectivity index (χ0) is 17.7. The predicted molar refractivity (Wildman–Crippen MR) is 96.4 cm³/mol. The van der Waals surface area contributed by atoms with Crippen LogP contribution in [0, 0.1) is 0 Å². The maximum absolute atomic E-state index is 11.8. The number of pyridine rings is 2. The van der Waals surface area contributed by atoms with Gasteiger partial charge in [-0.25, -0.2) is 4.79 Å². The van der Waals surface area contributed by atoms with Gasteiger partial charge in [0, 0.05) is 35.3 Å². The minimum absolute atomic E-state index is 0.0376. The molecule has 2 atom stereocenters. The second kappa shape index (κ2) is 5.62. The normalized spacial score (nSPS) is 21.9. The summed E-state index contributed by atoms with van der Waals surface area (Å²) in [5.74, 6) is 0.0435. The van der Waals surface area contributed by atoms with E-state index >= 15 is 0 Å². The molecule has 5 rings (SSSR count). The average Bonchev–Trinajstić information content (AvgIpc) is 3.39. The fraction of sp³-hybridized carbons (Fsp3) is 0.200. The highest BCUT2D eigenvalue weighted by Gasteiger charge is 2.49. The Balaban J connectivity index is 1.37. The Hall–Kier alpha value is -3.28. The van der Waals surface area contributed by atoms with Gasteiger partial charge in [-0.15, -0.1) is 0 Å². The Labute approximate surface area is 149 Å². The molecule has 3 amide bonds. The molecular weight excluding hydrogens is 328 g/mol. The fourth-order valence-corrected chi connectivity index (χ4v) is 3.63. The molecule has 0 radical (unpaired) electrons. The van der Waals surface area contributed by atoms with E-state index in [0.29, 0.717) is 0 Å². The lowest BCUT2D eigenvalue weighted by atomic mass is 10.1. The van der Waals surface area contributed by atoms with Crippen LogP contribution in [0.3, 0.4) is 0 Å². The van der Waals surface area contributed by atoms with Crippen molar-refractivity contribution in [2.45, 2.75) is 18.4 Å². The molecule has 3 aromatic rings. The molecular formula is C20H16N4O2. The van der Waals surface area contributed by atoms with Crippen LogP contribution < -0.4 is 5.32 Å². The van der Waals surface area contributed by atoms with E-state index in [-0.39, 0.29) is 30.4 Å². The van der Waals surface area contributed by atoms with Crippen molar-refractivity contribution in [1.29, 1.82) is 0 Å². The first kappa shape index (κ1) is 15.0. The smallest absolute Gasteiger partial charge is 0.324 e. The summed E-state index contributed by atoms with van der Waals surface area (Å²) in [4.78, 5) is 33.9. The van der Waals surface area contributed by atoms with E-state index in [1.165, 1.54) is 4.90 Å². The van der Waals surface area contributed by atoms with Crippen molar-refractivity contribution in [2.24, 2.45) is 0 Å². The Morgan fingerprint density at radius 1 is 1.08 bits per heavy atom. The number of nitrogens with zero attached hydrogens (tertiary/aromatic N) is 3. The van der Waals surface area contributed by atoms with E-state index in [9.17, 15) is 9.59 Å². The van der Waals surface area contributed by atoms with Crippen molar-refractivity contribution in [2.75, 3.05) is 6.54 Å². The number of imide groups is 1. The van der Waals surface area contributed by atoms with Crippen LogP contribution in [0.25, 0.3) is 22.2 Å². The Kier molecular flexibility index (Phi) is 3.25. The zero-order valence-corrected chi connectivity index (χ0v) is 13.9. The number of benzene rings is 1. The lowest BCUT2D eigenvalue weighted by Crippen LogP contribution is -2.33. The molecule has 1 aromatic carbocycles. The van der Waals surface area contributed by atoms with Crippen molar-refractivity contribution in [3.63, 3.8) is 0 Å². The van der Waals surface area contributed by atoms with Crippen molar-refractivity contribution in [1.82, 2.24) is 20.2 Å². The molecule has 128 valence electrons. The quantitative estimate of drug-likeness (QED) is 0.741.